The zero-order valence-corrected chi connectivity index (χ0v) is 17.4. The highest BCUT2D eigenvalue weighted by Gasteiger charge is 2.14. The monoisotopic (exact) mass is 427 g/mol. The number of carbonyl (C=O) groups is 1. The molecule has 0 atom stereocenters. The third-order valence-corrected chi connectivity index (χ3v) is 5.39. The SMILES string of the molecule is COc1ccc(NC(=O)COc2ccc3nc4n(c(=O)c3c2)CCCCC4)cc1Cl. The van der Waals surface area contributed by atoms with Crippen molar-refractivity contribution in [3.8, 4) is 11.5 Å². The summed E-state index contributed by atoms with van der Waals surface area (Å²) in [5.74, 6) is 1.47. The molecule has 1 aliphatic rings. The van der Waals surface area contributed by atoms with E-state index in [2.05, 4.69) is 10.3 Å². The average molecular weight is 428 g/mol. The van der Waals surface area contributed by atoms with E-state index in [9.17, 15) is 9.59 Å². The second-order valence-electron chi connectivity index (χ2n) is 7.16. The molecule has 1 N–H and O–H groups in total. The van der Waals surface area contributed by atoms with E-state index in [0.29, 0.717) is 39.7 Å². The predicted octanol–water partition coefficient (Wildman–Crippen LogP) is 3.80. The number of aryl methyl sites for hydroxylation is 1. The fourth-order valence-corrected chi connectivity index (χ4v) is 3.83. The zero-order chi connectivity index (χ0) is 21.1. The summed E-state index contributed by atoms with van der Waals surface area (Å²) in [6.45, 7) is 0.490. The van der Waals surface area contributed by atoms with Crippen molar-refractivity contribution in [2.24, 2.45) is 0 Å². The fourth-order valence-electron chi connectivity index (χ4n) is 3.58. The number of nitrogens with zero attached hydrogens (tertiary/aromatic N) is 2. The van der Waals surface area contributed by atoms with Crippen molar-refractivity contribution >= 4 is 34.1 Å². The van der Waals surface area contributed by atoms with E-state index < -0.39 is 0 Å². The van der Waals surface area contributed by atoms with Crippen LogP contribution in [-0.4, -0.2) is 29.2 Å². The van der Waals surface area contributed by atoms with Crippen molar-refractivity contribution < 1.29 is 14.3 Å². The van der Waals surface area contributed by atoms with Crippen LogP contribution in [0, 0.1) is 0 Å². The van der Waals surface area contributed by atoms with Gasteiger partial charge in [0.1, 0.15) is 17.3 Å². The summed E-state index contributed by atoms with van der Waals surface area (Å²) in [5.41, 5.74) is 1.13. The van der Waals surface area contributed by atoms with Gasteiger partial charge in [-0.3, -0.25) is 14.2 Å². The molecule has 0 saturated carbocycles. The minimum Gasteiger partial charge on any atom is -0.495 e. The Bertz CT molecular complexity index is 1160. The van der Waals surface area contributed by atoms with Crippen LogP contribution < -0.4 is 20.3 Å². The highest BCUT2D eigenvalue weighted by atomic mass is 35.5. The van der Waals surface area contributed by atoms with E-state index in [4.69, 9.17) is 21.1 Å². The third kappa shape index (κ3) is 4.26. The number of benzene rings is 2. The molecule has 1 aliphatic heterocycles. The largest absolute Gasteiger partial charge is 0.495 e. The normalized spacial score (nSPS) is 13.4. The first-order chi connectivity index (χ1) is 14.5. The lowest BCUT2D eigenvalue weighted by Gasteiger charge is -2.12. The molecule has 1 aromatic heterocycles. The van der Waals surface area contributed by atoms with Gasteiger partial charge in [0.05, 0.1) is 23.0 Å². The van der Waals surface area contributed by atoms with E-state index in [1.54, 1.807) is 41.0 Å². The van der Waals surface area contributed by atoms with Crippen LogP contribution in [0.3, 0.4) is 0 Å². The van der Waals surface area contributed by atoms with Crippen molar-refractivity contribution in [3.05, 3.63) is 57.6 Å². The van der Waals surface area contributed by atoms with Crippen molar-refractivity contribution in [3.63, 3.8) is 0 Å². The quantitative estimate of drug-likeness (QED) is 0.669. The first-order valence-corrected chi connectivity index (χ1v) is 10.2. The molecule has 156 valence electrons. The summed E-state index contributed by atoms with van der Waals surface area (Å²) < 4.78 is 12.5. The molecule has 0 radical (unpaired) electrons. The number of anilines is 1. The Morgan fingerprint density at radius 1 is 1.20 bits per heavy atom. The number of amides is 1. The number of aromatic nitrogens is 2. The van der Waals surface area contributed by atoms with E-state index >= 15 is 0 Å². The smallest absolute Gasteiger partial charge is 0.262 e. The van der Waals surface area contributed by atoms with Crippen molar-refractivity contribution in [1.82, 2.24) is 9.55 Å². The van der Waals surface area contributed by atoms with Gasteiger partial charge in [-0.05, 0) is 49.2 Å². The molecule has 0 aliphatic carbocycles. The minimum absolute atomic E-state index is 0.0559. The topological polar surface area (TPSA) is 82.4 Å². The van der Waals surface area contributed by atoms with Crippen LogP contribution in [0.4, 0.5) is 5.69 Å². The summed E-state index contributed by atoms with van der Waals surface area (Å²) in [6.07, 6.45) is 3.94. The van der Waals surface area contributed by atoms with Gasteiger partial charge in [-0.1, -0.05) is 18.0 Å². The number of halogens is 1. The van der Waals surface area contributed by atoms with Gasteiger partial charge in [0.15, 0.2) is 6.61 Å². The number of hydrogen-bond acceptors (Lipinski definition) is 5. The molecule has 0 fully saturated rings. The lowest BCUT2D eigenvalue weighted by Crippen LogP contribution is -2.24. The maximum atomic E-state index is 12.9. The molecule has 8 heteroatoms. The van der Waals surface area contributed by atoms with Crippen LogP contribution in [0.2, 0.25) is 5.02 Å². The highest BCUT2D eigenvalue weighted by Crippen LogP contribution is 2.27. The lowest BCUT2D eigenvalue weighted by molar-refractivity contribution is -0.118. The molecule has 3 aromatic rings. The summed E-state index contributed by atoms with van der Waals surface area (Å²) in [6, 6.07) is 10.1. The number of ether oxygens (including phenoxy) is 2. The minimum atomic E-state index is -0.340. The maximum absolute atomic E-state index is 12.9. The molecule has 2 aromatic carbocycles. The Balaban J connectivity index is 1.47. The molecule has 0 saturated heterocycles. The van der Waals surface area contributed by atoms with Crippen LogP contribution in [0.25, 0.3) is 10.9 Å². The second-order valence-corrected chi connectivity index (χ2v) is 7.57. The summed E-state index contributed by atoms with van der Waals surface area (Å²) in [7, 11) is 1.52. The fraction of sp³-hybridized carbons (Fsp3) is 0.318. The van der Waals surface area contributed by atoms with E-state index in [1.807, 2.05) is 0 Å². The average Bonchev–Trinajstić information content (AvgIpc) is 2.98. The Hall–Kier alpha value is -3.06. The molecular formula is C22H22ClN3O4. The molecule has 0 spiro atoms. The highest BCUT2D eigenvalue weighted by molar-refractivity contribution is 6.32. The number of rotatable bonds is 5. The third-order valence-electron chi connectivity index (χ3n) is 5.09. The number of carbonyl (C=O) groups excluding carboxylic acids is 1. The number of methoxy groups -OCH3 is 1. The van der Waals surface area contributed by atoms with Gasteiger partial charge in [-0.15, -0.1) is 0 Å². The number of hydrogen-bond donors (Lipinski definition) is 1. The second kappa shape index (κ2) is 8.75. The summed E-state index contributed by atoms with van der Waals surface area (Å²) in [4.78, 5) is 29.8. The molecular weight excluding hydrogens is 406 g/mol. The van der Waals surface area contributed by atoms with Gasteiger partial charge in [0.2, 0.25) is 0 Å². The van der Waals surface area contributed by atoms with Gasteiger partial charge in [-0.25, -0.2) is 4.98 Å². The zero-order valence-electron chi connectivity index (χ0n) is 16.6. The van der Waals surface area contributed by atoms with Crippen LogP contribution in [-0.2, 0) is 17.8 Å². The Kier molecular flexibility index (Phi) is 5.90. The van der Waals surface area contributed by atoms with Gasteiger partial charge in [-0.2, -0.15) is 0 Å². The molecule has 0 bridgehead atoms. The van der Waals surface area contributed by atoms with E-state index in [-0.39, 0.29) is 18.1 Å². The van der Waals surface area contributed by atoms with Gasteiger partial charge in [0, 0.05) is 18.7 Å². The Morgan fingerprint density at radius 2 is 2.07 bits per heavy atom. The molecule has 7 nitrogen and oxygen atoms in total. The predicted molar refractivity (Wildman–Crippen MR) is 116 cm³/mol. The van der Waals surface area contributed by atoms with Gasteiger partial charge in [0.25, 0.3) is 11.5 Å². The summed E-state index contributed by atoms with van der Waals surface area (Å²) >= 11 is 6.07. The molecule has 2 heterocycles. The van der Waals surface area contributed by atoms with Crippen LogP contribution in [0.1, 0.15) is 25.1 Å². The van der Waals surface area contributed by atoms with Crippen LogP contribution >= 0.6 is 11.6 Å². The lowest BCUT2D eigenvalue weighted by atomic mass is 10.2. The number of fused-ring (bicyclic) bond motifs is 2. The van der Waals surface area contributed by atoms with Crippen molar-refractivity contribution in [2.75, 3.05) is 19.0 Å². The standard InChI is InChI=1S/C22H22ClN3O4/c1-29-19-9-6-14(11-17(19)23)24-21(27)13-30-15-7-8-18-16(12-15)22(28)26-10-4-2-3-5-20(26)25-18/h6-9,11-12H,2-5,10,13H2,1H3,(H,24,27). The van der Waals surface area contributed by atoms with Crippen molar-refractivity contribution in [2.45, 2.75) is 32.2 Å². The van der Waals surface area contributed by atoms with E-state index in [1.165, 1.54) is 7.11 Å². The molecule has 0 unspecified atom stereocenters. The number of nitrogens with one attached hydrogen (secondary N) is 1. The van der Waals surface area contributed by atoms with E-state index in [0.717, 1.165) is 31.5 Å². The molecule has 4 rings (SSSR count). The maximum Gasteiger partial charge on any atom is 0.262 e. The first kappa shape index (κ1) is 20.2. The first-order valence-electron chi connectivity index (χ1n) is 9.85. The molecule has 30 heavy (non-hydrogen) atoms. The van der Waals surface area contributed by atoms with Crippen LogP contribution in [0.5, 0.6) is 11.5 Å². The Morgan fingerprint density at radius 3 is 2.87 bits per heavy atom. The van der Waals surface area contributed by atoms with Crippen molar-refractivity contribution in [1.29, 1.82) is 0 Å². The summed E-state index contributed by atoms with van der Waals surface area (Å²) in [5, 5.41) is 3.62. The van der Waals surface area contributed by atoms with Gasteiger partial charge >= 0.3 is 0 Å². The Labute approximate surface area is 178 Å². The van der Waals surface area contributed by atoms with Crippen LogP contribution in [0.15, 0.2) is 41.2 Å². The van der Waals surface area contributed by atoms with Gasteiger partial charge < -0.3 is 14.8 Å². The molecule has 1 amide bonds.